The molecule has 1 saturated heterocycles. The van der Waals surface area contributed by atoms with Crippen LogP contribution in [0.5, 0.6) is 11.5 Å². The van der Waals surface area contributed by atoms with Gasteiger partial charge in [0.05, 0.1) is 4.90 Å². The predicted octanol–water partition coefficient (Wildman–Crippen LogP) is 6.83. The summed E-state index contributed by atoms with van der Waals surface area (Å²) in [6.45, 7) is 0. The van der Waals surface area contributed by atoms with Crippen LogP contribution in [0, 0.1) is 0 Å². The van der Waals surface area contributed by atoms with Gasteiger partial charge in [-0.25, -0.2) is 17.9 Å². The zero-order chi connectivity index (χ0) is 32.0. The zero-order valence-corrected chi connectivity index (χ0v) is 26.6. The summed E-state index contributed by atoms with van der Waals surface area (Å²) in [5.74, 6) is -1.03. The Balaban J connectivity index is 1.60. The number of rotatable bonds is 9. The van der Waals surface area contributed by atoms with Gasteiger partial charge in [0.2, 0.25) is 5.76 Å². The van der Waals surface area contributed by atoms with Crippen molar-refractivity contribution in [3.63, 3.8) is 0 Å². The van der Waals surface area contributed by atoms with E-state index in [-0.39, 0.29) is 33.0 Å². The van der Waals surface area contributed by atoms with Gasteiger partial charge >= 0.3 is 20.3 Å². The SMILES string of the molecule is O=C1C2=C(c3ccccc3)O[P+](O)(c3ccccc3)C2(P(=O)(Oc2ccccc2)Oc2ccccc2)N1S(=O)(=O)c1ccccc1. The minimum Gasteiger partial charge on any atom is -0.412 e. The van der Waals surface area contributed by atoms with E-state index in [1.165, 1.54) is 60.7 Å². The first kappa shape index (κ1) is 30.0. The number of benzene rings is 5. The molecule has 1 fully saturated rings. The normalized spacial score (nSPS) is 20.8. The van der Waals surface area contributed by atoms with Crippen molar-refractivity contribution in [2.45, 2.75) is 9.92 Å². The number of hydrogen-bond acceptors (Lipinski definition) is 8. The highest BCUT2D eigenvalue weighted by molar-refractivity contribution is 7.93. The second-order valence-electron chi connectivity index (χ2n) is 10.4. The third-order valence-corrected chi connectivity index (χ3v) is 16.0. The molecule has 0 aromatic heterocycles. The molecule has 0 aliphatic carbocycles. The minimum absolute atomic E-state index is 0.0553. The van der Waals surface area contributed by atoms with Gasteiger partial charge in [-0.3, -0.25) is 4.79 Å². The molecule has 7 rings (SSSR count). The van der Waals surface area contributed by atoms with Gasteiger partial charge in [0.1, 0.15) is 11.5 Å². The average Bonchev–Trinajstić information content (AvgIpc) is 3.33. The van der Waals surface area contributed by atoms with Crippen LogP contribution in [0.4, 0.5) is 0 Å². The Bertz CT molecular complexity index is 2060. The largest absolute Gasteiger partial charge is 0.508 e. The Kier molecular flexibility index (Phi) is 7.34. The number of hydrogen-bond donors (Lipinski definition) is 1. The van der Waals surface area contributed by atoms with Crippen molar-refractivity contribution in [2.24, 2.45) is 0 Å². The molecule has 5 aromatic carbocycles. The van der Waals surface area contributed by atoms with E-state index in [1.54, 1.807) is 91.0 Å². The van der Waals surface area contributed by atoms with Crippen molar-refractivity contribution in [2.75, 3.05) is 0 Å². The number of nitrogens with zero attached hydrogens (tertiary/aromatic N) is 1. The Morgan fingerprint density at radius 3 is 1.61 bits per heavy atom. The first-order valence-electron chi connectivity index (χ1n) is 14.1. The summed E-state index contributed by atoms with van der Waals surface area (Å²) >= 11 is 0. The van der Waals surface area contributed by atoms with Crippen LogP contribution in [0.2, 0.25) is 0 Å². The highest BCUT2D eigenvalue weighted by Crippen LogP contribution is 2.91. The van der Waals surface area contributed by atoms with E-state index in [0.29, 0.717) is 9.87 Å². The quantitative estimate of drug-likeness (QED) is 0.134. The highest BCUT2D eigenvalue weighted by atomic mass is 32.2. The van der Waals surface area contributed by atoms with Gasteiger partial charge in [-0.15, -0.1) is 0 Å². The van der Waals surface area contributed by atoms with E-state index in [4.69, 9.17) is 13.6 Å². The van der Waals surface area contributed by atoms with E-state index in [2.05, 4.69) is 0 Å². The molecule has 2 aliphatic rings. The van der Waals surface area contributed by atoms with Crippen LogP contribution in [0.3, 0.4) is 0 Å². The van der Waals surface area contributed by atoms with Gasteiger partial charge in [0.25, 0.3) is 15.9 Å². The molecular formula is C34H26NO8P2S+. The molecule has 2 aliphatic heterocycles. The van der Waals surface area contributed by atoms with Gasteiger partial charge in [0.15, 0.2) is 10.9 Å². The molecule has 1 amide bonds. The Labute approximate surface area is 266 Å². The number of carbonyl (C=O) groups is 1. The lowest BCUT2D eigenvalue weighted by Gasteiger charge is -2.48. The molecular weight excluding hydrogens is 644 g/mol. The third-order valence-electron chi connectivity index (χ3n) is 7.63. The van der Waals surface area contributed by atoms with Gasteiger partial charge in [-0.1, -0.05) is 103 Å². The third kappa shape index (κ3) is 4.41. The minimum atomic E-state index is -5.10. The van der Waals surface area contributed by atoms with Crippen molar-refractivity contribution < 1.29 is 36.2 Å². The van der Waals surface area contributed by atoms with Crippen LogP contribution in [-0.4, -0.2) is 28.5 Å². The van der Waals surface area contributed by atoms with Gasteiger partial charge in [-0.2, -0.15) is 4.31 Å². The summed E-state index contributed by atoms with van der Waals surface area (Å²) in [5, 5.41) is -2.54. The maximum atomic E-state index is 16.0. The number of β-lactam (4-membered cyclic amide) rings is 1. The van der Waals surface area contributed by atoms with Gasteiger partial charge < -0.3 is 13.6 Å². The summed E-state index contributed by atoms with van der Waals surface area (Å²) in [7, 11) is -14.5. The molecule has 2 atom stereocenters. The lowest BCUT2D eigenvalue weighted by atomic mass is 10.0. The van der Waals surface area contributed by atoms with Crippen molar-refractivity contribution in [1.29, 1.82) is 0 Å². The van der Waals surface area contributed by atoms with Crippen molar-refractivity contribution in [3.05, 3.63) is 163 Å². The molecule has 0 radical (unpaired) electrons. The molecule has 46 heavy (non-hydrogen) atoms. The second kappa shape index (κ2) is 11.3. The molecule has 0 spiro atoms. The molecule has 1 N–H and O–H groups in total. The number of carbonyl (C=O) groups excluding carboxylic acids is 1. The van der Waals surface area contributed by atoms with Crippen LogP contribution >= 0.6 is 15.3 Å². The van der Waals surface area contributed by atoms with Crippen LogP contribution in [0.15, 0.2) is 162 Å². The summed E-state index contributed by atoms with van der Waals surface area (Å²) in [5.41, 5.74) is 0.0397. The lowest BCUT2D eigenvalue weighted by molar-refractivity contribution is -0.129. The van der Waals surface area contributed by atoms with E-state index in [1.807, 2.05) is 0 Å². The molecule has 0 bridgehead atoms. The number of sulfonamides is 1. The van der Waals surface area contributed by atoms with Gasteiger partial charge in [0, 0.05) is 5.56 Å². The fourth-order valence-corrected chi connectivity index (χ4v) is 14.7. The lowest BCUT2D eigenvalue weighted by Crippen LogP contribution is -2.68. The summed E-state index contributed by atoms with van der Waals surface area (Å²) in [6.07, 6.45) is 0. The van der Waals surface area contributed by atoms with Crippen molar-refractivity contribution in [1.82, 2.24) is 4.31 Å². The van der Waals surface area contributed by atoms with Crippen LogP contribution in [0.1, 0.15) is 5.56 Å². The number of para-hydroxylation sites is 2. The molecule has 12 heteroatoms. The maximum Gasteiger partial charge on any atom is 0.508 e. The first-order chi connectivity index (χ1) is 22.2. The fraction of sp³-hybridized carbons (Fsp3) is 0.0294. The topological polar surface area (TPSA) is 119 Å². The maximum absolute atomic E-state index is 16.0. The van der Waals surface area contributed by atoms with Crippen LogP contribution < -0.4 is 14.4 Å². The summed E-state index contributed by atoms with van der Waals surface area (Å²) in [6, 6.07) is 39.8. The first-order valence-corrected chi connectivity index (χ1v) is 18.8. The molecule has 0 saturated carbocycles. The average molecular weight is 671 g/mol. The van der Waals surface area contributed by atoms with E-state index in [0.717, 1.165) is 0 Å². The molecule has 9 nitrogen and oxygen atoms in total. The van der Waals surface area contributed by atoms with Gasteiger partial charge in [-0.05, 0) is 48.5 Å². The summed E-state index contributed by atoms with van der Waals surface area (Å²) < 4.78 is 64.6. The Hall–Kier alpha value is -4.72. The monoisotopic (exact) mass is 670 g/mol. The van der Waals surface area contributed by atoms with Crippen LogP contribution in [-0.2, 0) is 23.9 Å². The second-order valence-corrected chi connectivity index (χ2v) is 17.0. The smallest absolute Gasteiger partial charge is 0.412 e. The van der Waals surface area contributed by atoms with E-state index >= 15 is 4.57 Å². The van der Waals surface area contributed by atoms with E-state index in [9.17, 15) is 18.1 Å². The predicted molar refractivity (Wildman–Crippen MR) is 175 cm³/mol. The molecule has 230 valence electrons. The standard InChI is InChI=1S/C34H26NO8P2S/c36-33-31-32(26-16-6-1-7-17-26)43-44(37,29-22-12-4-13-23-29)34(31,35(33)46(39,40)30-24-14-5-15-25-30)45(38,41-27-18-8-2-9-19-27)42-28-20-10-3-11-21-28/h1-25,37H/q+1. The highest BCUT2D eigenvalue weighted by Gasteiger charge is 2.95. The zero-order valence-electron chi connectivity index (χ0n) is 24.0. The van der Waals surface area contributed by atoms with Crippen LogP contribution in [0.25, 0.3) is 5.76 Å². The molecule has 2 heterocycles. The number of amides is 1. The number of fused-ring (bicyclic) bond motifs is 1. The van der Waals surface area contributed by atoms with Crippen molar-refractivity contribution in [3.8, 4) is 11.5 Å². The Morgan fingerprint density at radius 1 is 0.674 bits per heavy atom. The molecule has 2 unspecified atom stereocenters. The Morgan fingerprint density at radius 2 is 1.11 bits per heavy atom. The van der Waals surface area contributed by atoms with Crippen molar-refractivity contribution >= 4 is 42.3 Å². The summed E-state index contributed by atoms with van der Waals surface area (Å²) in [4.78, 5) is 27.2. The molecule has 5 aromatic rings. The van der Waals surface area contributed by atoms with E-state index < -0.39 is 36.3 Å². The fourth-order valence-electron chi connectivity index (χ4n) is 5.63.